The first-order chi connectivity index (χ1) is 16.8. The van der Waals surface area contributed by atoms with Crippen molar-refractivity contribution in [2.75, 3.05) is 39.6 Å². The normalized spacial score (nSPS) is 28.3. The van der Waals surface area contributed by atoms with Gasteiger partial charge in [-0.15, -0.1) is 0 Å². The zero-order valence-corrected chi connectivity index (χ0v) is 20.1. The van der Waals surface area contributed by atoms with E-state index in [-0.39, 0.29) is 56.3 Å². The number of carbonyl (C=O) groups excluding carboxylic acids is 3. The summed E-state index contributed by atoms with van der Waals surface area (Å²) in [5, 5.41) is 10.1. The molecule has 0 aliphatic carbocycles. The zero-order chi connectivity index (χ0) is 25.7. The second-order valence-corrected chi connectivity index (χ2v) is 8.77. The van der Waals surface area contributed by atoms with Gasteiger partial charge in [0, 0.05) is 12.3 Å². The minimum atomic E-state index is -0.894. The van der Waals surface area contributed by atoms with Crippen molar-refractivity contribution in [2.24, 2.45) is 11.8 Å². The van der Waals surface area contributed by atoms with Gasteiger partial charge < -0.3 is 24.1 Å². The van der Waals surface area contributed by atoms with Crippen LogP contribution in [-0.2, 0) is 28.5 Å². The molecule has 0 spiro atoms. The van der Waals surface area contributed by atoms with Crippen molar-refractivity contribution in [1.82, 2.24) is 9.80 Å². The predicted octanol–water partition coefficient (Wildman–Crippen LogP) is 1.55. The maximum absolute atomic E-state index is 12.9. The number of likely N-dealkylation sites (tertiary alicyclic amines) is 1. The highest BCUT2D eigenvalue weighted by Crippen LogP contribution is 2.48. The molecule has 3 aliphatic rings. The number of alkyl halides is 1. The van der Waals surface area contributed by atoms with Crippen molar-refractivity contribution in [2.45, 2.75) is 44.6 Å². The Bertz CT molecular complexity index is 876. The van der Waals surface area contributed by atoms with E-state index in [0.29, 0.717) is 6.42 Å². The Labute approximate surface area is 203 Å². The molecule has 0 aromatic carbocycles. The molecule has 6 atom stereocenters. The Balaban J connectivity index is 1.83. The van der Waals surface area contributed by atoms with Crippen molar-refractivity contribution in [3.63, 3.8) is 0 Å². The molecule has 11 heteroatoms. The first kappa shape index (κ1) is 26.7. The summed E-state index contributed by atoms with van der Waals surface area (Å²) in [6, 6.07) is -0.872. The van der Waals surface area contributed by atoms with Crippen molar-refractivity contribution in [3.8, 4) is 0 Å². The van der Waals surface area contributed by atoms with Crippen molar-refractivity contribution in [3.05, 3.63) is 36.8 Å². The van der Waals surface area contributed by atoms with Gasteiger partial charge in [0.1, 0.15) is 31.8 Å². The van der Waals surface area contributed by atoms with Crippen LogP contribution in [0.4, 0.5) is 9.18 Å². The molecule has 3 rings (SSSR count). The third-order valence-electron chi connectivity index (χ3n) is 6.39. The van der Waals surface area contributed by atoms with E-state index >= 15 is 0 Å². The fourth-order valence-electron chi connectivity index (χ4n) is 4.88. The molecule has 0 aromatic heterocycles. The number of ether oxygens (including phenoxy) is 4. The third-order valence-corrected chi connectivity index (χ3v) is 6.39. The topological polar surface area (TPSA) is 115 Å². The zero-order valence-electron chi connectivity index (χ0n) is 20.1. The molecule has 0 bridgehead atoms. The smallest absolute Gasteiger partial charge is 0.410 e. The summed E-state index contributed by atoms with van der Waals surface area (Å²) in [7, 11) is 0. The second-order valence-electron chi connectivity index (χ2n) is 8.77. The van der Waals surface area contributed by atoms with Crippen molar-refractivity contribution in [1.29, 1.82) is 0 Å². The van der Waals surface area contributed by atoms with Gasteiger partial charge in [0.15, 0.2) is 5.70 Å². The molecule has 194 valence electrons. The van der Waals surface area contributed by atoms with Crippen LogP contribution in [0.2, 0.25) is 0 Å². The Morgan fingerprint density at radius 3 is 2.57 bits per heavy atom. The molecule has 1 N–H and O–H groups in total. The van der Waals surface area contributed by atoms with E-state index in [1.807, 2.05) is 6.92 Å². The highest BCUT2D eigenvalue weighted by molar-refractivity contribution is 6.00. The molecule has 2 amide bonds. The number of amides is 2. The summed E-state index contributed by atoms with van der Waals surface area (Å²) in [5.41, 5.74) is 0.00385. The average Bonchev–Trinajstić information content (AvgIpc) is 3.33. The number of nitrogens with zero attached hydrogens (tertiary/aromatic N) is 2. The number of rotatable bonds is 12. The molecule has 35 heavy (non-hydrogen) atoms. The van der Waals surface area contributed by atoms with Gasteiger partial charge in [-0.05, 0) is 6.92 Å². The number of esters is 1. The van der Waals surface area contributed by atoms with Crippen LogP contribution < -0.4 is 0 Å². The first-order valence-electron chi connectivity index (χ1n) is 11.6. The number of β-lactam (4-membered cyclic amide) rings is 1. The van der Waals surface area contributed by atoms with Crippen LogP contribution in [-0.4, -0.2) is 96.8 Å². The maximum atomic E-state index is 12.9. The summed E-state index contributed by atoms with van der Waals surface area (Å²) in [4.78, 5) is 41.0. The molecule has 0 saturated carbocycles. The molecular formula is C24H33FN2O8. The molecule has 0 unspecified atom stereocenters. The van der Waals surface area contributed by atoms with Crippen molar-refractivity contribution < 1.29 is 42.8 Å². The van der Waals surface area contributed by atoms with Gasteiger partial charge in [-0.1, -0.05) is 32.2 Å². The fourth-order valence-corrected chi connectivity index (χ4v) is 4.88. The largest absolute Gasteiger partial charge is 0.490 e. The van der Waals surface area contributed by atoms with E-state index in [2.05, 4.69) is 13.2 Å². The number of aliphatic hydroxyl groups is 1. The maximum Gasteiger partial charge on any atom is 0.410 e. The average molecular weight is 497 g/mol. The summed E-state index contributed by atoms with van der Waals surface area (Å²) < 4.78 is 34.5. The van der Waals surface area contributed by atoms with Gasteiger partial charge in [0.2, 0.25) is 5.91 Å². The number of carbonyl (C=O) groups is 3. The molecule has 2 fully saturated rings. The molecule has 0 aromatic rings. The summed E-state index contributed by atoms with van der Waals surface area (Å²) in [6.45, 7) is 9.88. The second kappa shape index (κ2) is 11.7. The number of hydrogen-bond donors (Lipinski definition) is 1. The number of aliphatic hydroxyl groups excluding tert-OH is 1. The third kappa shape index (κ3) is 5.35. The van der Waals surface area contributed by atoms with Crippen LogP contribution in [0.25, 0.3) is 0 Å². The lowest BCUT2D eigenvalue weighted by Crippen LogP contribution is -2.63. The number of hydrogen-bond acceptors (Lipinski definition) is 8. The fraction of sp³-hybridized carbons (Fsp3) is 0.625. The van der Waals surface area contributed by atoms with Gasteiger partial charge in [-0.25, -0.2) is 14.0 Å². The van der Waals surface area contributed by atoms with E-state index in [4.69, 9.17) is 18.9 Å². The van der Waals surface area contributed by atoms with Crippen LogP contribution >= 0.6 is 0 Å². The molecule has 3 aliphatic heterocycles. The Hall–Kier alpha value is -2.92. The minimum Gasteiger partial charge on any atom is -0.490 e. The van der Waals surface area contributed by atoms with E-state index < -0.39 is 48.9 Å². The monoisotopic (exact) mass is 496 g/mol. The van der Waals surface area contributed by atoms with Crippen molar-refractivity contribution >= 4 is 18.0 Å². The van der Waals surface area contributed by atoms with E-state index in [1.165, 1.54) is 28.9 Å². The van der Waals surface area contributed by atoms with Gasteiger partial charge in [0.05, 0.1) is 43.9 Å². The highest BCUT2D eigenvalue weighted by atomic mass is 19.1. The number of halogens is 1. The molecule has 0 radical (unpaired) electrons. The first-order valence-corrected chi connectivity index (χ1v) is 11.6. The quantitative estimate of drug-likeness (QED) is 0.187. The van der Waals surface area contributed by atoms with Gasteiger partial charge in [-0.3, -0.25) is 14.6 Å². The highest BCUT2D eigenvalue weighted by Gasteiger charge is 2.61. The molecule has 2 saturated heterocycles. The Morgan fingerprint density at radius 2 is 1.94 bits per heavy atom. The Morgan fingerprint density at radius 1 is 1.26 bits per heavy atom. The SMILES string of the molecule is C=CCOC(=O)C1=C(O[C@H]2C[C@@H](COCCF)N(C(=O)OCC=C)C2)[C@H](C)[C@H]2[C@@H]([C@@H](C)O)C(=O)N12. The van der Waals surface area contributed by atoms with Crippen LogP contribution in [0.15, 0.2) is 36.8 Å². The van der Waals surface area contributed by atoms with E-state index in [9.17, 15) is 23.9 Å². The Kier molecular flexibility index (Phi) is 8.90. The molecular weight excluding hydrogens is 463 g/mol. The van der Waals surface area contributed by atoms with E-state index in [0.717, 1.165) is 0 Å². The van der Waals surface area contributed by atoms with Crippen LogP contribution in [0.1, 0.15) is 20.3 Å². The minimum absolute atomic E-state index is 0.00385. The van der Waals surface area contributed by atoms with Gasteiger partial charge in [-0.2, -0.15) is 0 Å². The molecule has 10 nitrogen and oxygen atoms in total. The summed E-state index contributed by atoms with van der Waals surface area (Å²) >= 11 is 0. The van der Waals surface area contributed by atoms with Crippen LogP contribution in [0, 0.1) is 11.8 Å². The molecule has 3 heterocycles. The summed E-state index contributed by atoms with van der Waals surface area (Å²) in [5.74, 6) is -1.88. The summed E-state index contributed by atoms with van der Waals surface area (Å²) in [6.07, 6.45) is 1.19. The van der Waals surface area contributed by atoms with Crippen LogP contribution in [0.3, 0.4) is 0 Å². The lowest BCUT2D eigenvalue weighted by molar-refractivity contribution is -0.164. The van der Waals surface area contributed by atoms with E-state index in [1.54, 1.807) is 0 Å². The lowest BCUT2D eigenvalue weighted by Gasteiger charge is -2.46. The lowest BCUT2D eigenvalue weighted by atomic mass is 9.79. The van der Waals surface area contributed by atoms with Gasteiger partial charge in [0.25, 0.3) is 0 Å². The van der Waals surface area contributed by atoms with Crippen LogP contribution in [0.5, 0.6) is 0 Å². The standard InChI is InChI=1S/C24H33FN2O8/c1-5-8-33-23(30)20-21(14(3)19-18(15(4)28)22(29)27(19)20)35-17-11-16(13-32-10-7-25)26(12-17)24(31)34-9-6-2/h5-6,14-19,28H,1-2,7-13H2,3-4H3/t14-,15-,16+,17+,18-,19+/m1/s1. The number of fused-ring (bicyclic) bond motifs is 1. The van der Waals surface area contributed by atoms with Gasteiger partial charge >= 0.3 is 12.1 Å². The predicted molar refractivity (Wildman–Crippen MR) is 121 cm³/mol.